The molecule has 4 aromatic rings. The Bertz CT molecular complexity index is 1270. The third-order valence-electron chi connectivity index (χ3n) is 4.76. The first-order valence-electron chi connectivity index (χ1n) is 9.39. The number of fused-ring (bicyclic) bond motifs is 1. The van der Waals surface area contributed by atoms with Crippen LogP contribution in [0.1, 0.15) is 16.8 Å². The summed E-state index contributed by atoms with van der Waals surface area (Å²) in [7, 11) is 0. The molecule has 0 aliphatic rings. The van der Waals surface area contributed by atoms with Crippen LogP contribution in [0.3, 0.4) is 0 Å². The molecule has 0 unspecified atom stereocenters. The Labute approximate surface area is 173 Å². The summed E-state index contributed by atoms with van der Waals surface area (Å²) in [5, 5.41) is 19.0. The van der Waals surface area contributed by atoms with Crippen molar-refractivity contribution in [3.05, 3.63) is 81.8 Å². The van der Waals surface area contributed by atoms with Crippen LogP contribution < -0.4 is 10.6 Å². The highest BCUT2D eigenvalue weighted by molar-refractivity contribution is 5.93. The predicted octanol–water partition coefficient (Wildman–Crippen LogP) is 5.35. The van der Waals surface area contributed by atoms with Crippen LogP contribution in [0.15, 0.2) is 54.9 Å². The number of aryl methyl sites for hydroxylation is 3. The molecule has 2 heterocycles. The van der Waals surface area contributed by atoms with Crippen LogP contribution in [-0.2, 0) is 0 Å². The Morgan fingerprint density at radius 3 is 2.37 bits per heavy atom. The summed E-state index contributed by atoms with van der Waals surface area (Å²) in [5.74, 6) is 0.217. The van der Waals surface area contributed by atoms with Gasteiger partial charge in [-0.2, -0.15) is 0 Å². The standard InChI is InChI=1S/C22H20N6O2/c1-13-7-8-14(2)18(11-13)27-22-20(28(29)30)21(23-12-24-22)26-17-6-4-5-16-10-9-15(3)25-19(16)17/h4-12H,1-3H3,(H2,23,24,26,27). The molecule has 0 aliphatic heterocycles. The molecule has 0 saturated carbocycles. The zero-order chi connectivity index (χ0) is 21.3. The van der Waals surface area contributed by atoms with Crippen LogP contribution in [-0.4, -0.2) is 19.9 Å². The van der Waals surface area contributed by atoms with E-state index in [9.17, 15) is 10.1 Å². The van der Waals surface area contributed by atoms with E-state index in [1.165, 1.54) is 6.33 Å². The quantitative estimate of drug-likeness (QED) is 0.344. The van der Waals surface area contributed by atoms with Crippen LogP contribution in [0, 0.1) is 30.9 Å². The van der Waals surface area contributed by atoms with Gasteiger partial charge >= 0.3 is 5.69 Å². The molecule has 2 aromatic heterocycles. The maximum atomic E-state index is 11.9. The first-order valence-corrected chi connectivity index (χ1v) is 9.39. The number of anilines is 4. The number of aromatic nitrogens is 3. The number of nitrogens with one attached hydrogen (secondary N) is 2. The zero-order valence-electron chi connectivity index (χ0n) is 16.8. The maximum absolute atomic E-state index is 11.9. The lowest BCUT2D eigenvalue weighted by Crippen LogP contribution is -2.06. The molecule has 30 heavy (non-hydrogen) atoms. The third kappa shape index (κ3) is 3.75. The van der Waals surface area contributed by atoms with Crippen LogP contribution in [0.5, 0.6) is 0 Å². The molecule has 2 aromatic carbocycles. The number of nitro groups is 1. The number of hydrogen-bond donors (Lipinski definition) is 2. The van der Waals surface area contributed by atoms with Gasteiger partial charge in [0.1, 0.15) is 6.33 Å². The predicted molar refractivity (Wildman–Crippen MR) is 118 cm³/mol. The molecule has 0 radical (unpaired) electrons. The highest BCUT2D eigenvalue weighted by atomic mass is 16.6. The van der Waals surface area contributed by atoms with Crippen LogP contribution in [0.4, 0.5) is 28.7 Å². The lowest BCUT2D eigenvalue weighted by Gasteiger charge is -2.13. The molecule has 150 valence electrons. The Kier molecular flexibility index (Phi) is 4.97. The molecular formula is C22H20N6O2. The Balaban J connectivity index is 1.78. The second kappa shape index (κ2) is 7.75. The first kappa shape index (κ1) is 19.3. The second-order valence-corrected chi connectivity index (χ2v) is 7.07. The number of rotatable bonds is 5. The van der Waals surface area contributed by atoms with Gasteiger partial charge < -0.3 is 10.6 Å². The summed E-state index contributed by atoms with van der Waals surface area (Å²) < 4.78 is 0. The number of pyridine rings is 1. The second-order valence-electron chi connectivity index (χ2n) is 7.07. The molecule has 2 N–H and O–H groups in total. The van der Waals surface area contributed by atoms with Gasteiger partial charge in [-0.05, 0) is 50.1 Å². The summed E-state index contributed by atoms with van der Waals surface area (Å²) in [6.07, 6.45) is 1.30. The minimum absolute atomic E-state index is 0.0959. The Morgan fingerprint density at radius 2 is 1.63 bits per heavy atom. The zero-order valence-corrected chi connectivity index (χ0v) is 16.8. The molecule has 4 rings (SSSR count). The van der Waals surface area contributed by atoms with Crippen molar-refractivity contribution in [2.45, 2.75) is 20.8 Å². The van der Waals surface area contributed by atoms with E-state index in [4.69, 9.17) is 0 Å². The monoisotopic (exact) mass is 400 g/mol. The van der Waals surface area contributed by atoms with Crippen LogP contribution in [0.25, 0.3) is 10.9 Å². The van der Waals surface area contributed by atoms with Gasteiger partial charge in [0.2, 0.25) is 11.6 Å². The molecule has 0 bridgehead atoms. The summed E-state index contributed by atoms with van der Waals surface area (Å²) >= 11 is 0. The number of nitrogens with zero attached hydrogens (tertiary/aromatic N) is 4. The van der Waals surface area contributed by atoms with E-state index in [1.54, 1.807) is 0 Å². The SMILES string of the molecule is Cc1ccc(C)c(Nc2ncnc(Nc3cccc4ccc(C)nc34)c2[N+](=O)[O-])c1. The molecule has 0 fully saturated rings. The maximum Gasteiger partial charge on any atom is 0.353 e. The van der Waals surface area contributed by atoms with Crippen LogP contribution in [0.2, 0.25) is 0 Å². The third-order valence-corrected chi connectivity index (χ3v) is 4.76. The van der Waals surface area contributed by atoms with Crippen molar-refractivity contribution in [3.63, 3.8) is 0 Å². The van der Waals surface area contributed by atoms with Crippen LogP contribution >= 0.6 is 0 Å². The largest absolute Gasteiger partial charge is 0.353 e. The summed E-state index contributed by atoms with van der Waals surface area (Å²) in [6.45, 7) is 5.79. The van der Waals surface area contributed by atoms with Gasteiger partial charge in [0.25, 0.3) is 0 Å². The van der Waals surface area contributed by atoms with Crippen molar-refractivity contribution >= 4 is 39.6 Å². The van der Waals surface area contributed by atoms with Gasteiger partial charge in [-0.15, -0.1) is 0 Å². The summed E-state index contributed by atoms with van der Waals surface area (Å²) in [4.78, 5) is 24.3. The molecule has 0 saturated heterocycles. The summed E-state index contributed by atoms with van der Waals surface area (Å²) in [6, 6.07) is 15.4. The van der Waals surface area contributed by atoms with Gasteiger partial charge in [-0.25, -0.2) is 9.97 Å². The molecule has 8 nitrogen and oxygen atoms in total. The minimum Gasteiger partial charge on any atom is -0.334 e. The lowest BCUT2D eigenvalue weighted by molar-refractivity contribution is -0.383. The van der Waals surface area contributed by atoms with Crippen molar-refractivity contribution in [3.8, 4) is 0 Å². The molecule has 0 aliphatic carbocycles. The highest BCUT2D eigenvalue weighted by Gasteiger charge is 2.24. The smallest absolute Gasteiger partial charge is 0.334 e. The van der Waals surface area contributed by atoms with Gasteiger partial charge in [0.05, 0.1) is 16.1 Å². The normalized spacial score (nSPS) is 10.8. The molecular weight excluding hydrogens is 380 g/mol. The van der Waals surface area contributed by atoms with Gasteiger partial charge in [-0.3, -0.25) is 15.1 Å². The molecule has 8 heteroatoms. The van der Waals surface area contributed by atoms with Gasteiger partial charge in [-0.1, -0.05) is 30.3 Å². The van der Waals surface area contributed by atoms with E-state index < -0.39 is 4.92 Å². The topological polar surface area (TPSA) is 106 Å². The lowest BCUT2D eigenvalue weighted by atomic mass is 10.1. The Hall–Kier alpha value is -4.07. The van der Waals surface area contributed by atoms with Crippen molar-refractivity contribution in [2.75, 3.05) is 10.6 Å². The van der Waals surface area contributed by atoms with E-state index in [0.717, 1.165) is 33.4 Å². The number of hydrogen-bond acceptors (Lipinski definition) is 7. The average molecular weight is 400 g/mol. The van der Waals surface area contributed by atoms with Gasteiger partial charge in [0.15, 0.2) is 0 Å². The average Bonchev–Trinajstić information content (AvgIpc) is 2.71. The fourth-order valence-electron chi connectivity index (χ4n) is 3.21. The fourth-order valence-corrected chi connectivity index (χ4v) is 3.21. The fraction of sp³-hybridized carbons (Fsp3) is 0.136. The van der Waals surface area contributed by atoms with Crippen molar-refractivity contribution in [2.24, 2.45) is 0 Å². The Morgan fingerprint density at radius 1 is 0.900 bits per heavy atom. The van der Waals surface area contributed by atoms with Crippen molar-refractivity contribution in [1.29, 1.82) is 0 Å². The van der Waals surface area contributed by atoms with E-state index in [-0.39, 0.29) is 17.3 Å². The molecule has 0 atom stereocenters. The van der Waals surface area contributed by atoms with Gasteiger partial charge in [0, 0.05) is 16.8 Å². The first-order chi connectivity index (χ1) is 14.4. The minimum atomic E-state index is -0.487. The molecule has 0 spiro atoms. The number of benzene rings is 2. The van der Waals surface area contributed by atoms with Crippen molar-refractivity contribution in [1.82, 2.24) is 15.0 Å². The number of para-hydroxylation sites is 1. The van der Waals surface area contributed by atoms with E-state index in [0.29, 0.717) is 5.69 Å². The highest BCUT2D eigenvalue weighted by Crippen LogP contribution is 2.35. The summed E-state index contributed by atoms with van der Waals surface area (Å²) in [5.41, 5.74) is 4.72. The van der Waals surface area contributed by atoms with E-state index in [1.807, 2.05) is 69.3 Å². The van der Waals surface area contributed by atoms with Crippen molar-refractivity contribution < 1.29 is 4.92 Å². The molecule has 0 amide bonds. The van der Waals surface area contributed by atoms with E-state index >= 15 is 0 Å². The van der Waals surface area contributed by atoms with E-state index in [2.05, 4.69) is 25.6 Å².